The van der Waals surface area contributed by atoms with E-state index in [0.29, 0.717) is 0 Å². The molecule has 1 heterocycles. The first-order valence-corrected chi connectivity index (χ1v) is 18.4. The minimum atomic E-state index is 0.915. The summed E-state index contributed by atoms with van der Waals surface area (Å²) < 4.78 is 7.04. The highest BCUT2D eigenvalue weighted by Crippen LogP contribution is 2.47. The molecule has 13 aromatic rings. The summed E-state index contributed by atoms with van der Waals surface area (Å²) in [7, 11) is 0. The van der Waals surface area contributed by atoms with Crippen LogP contribution >= 0.6 is 0 Å². The highest BCUT2D eigenvalue weighted by Gasteiger charge is 2.21. The van der Waals surface area contributed by atoms with Crippen LogP contribution in [0.25, 0.3) is 130 Å². The number of furan rings is 1. The fourth-order valence-corrected chi connectivity index (χ4v) is 9.68. The van der Waals surface area contributed by atoms with Crippen LogP contribution in [0.1, 0.15) is 0 Å². The van der Waals surface area contributed by atoms with Crippen molar-refractivity contribution in [3.8, 4) is 22.3 Å². The van der Waals surface area contributed by atoms with Crippen LogP contribution in [-0.2, 0) is 0 Å². The molecule has 0 unspecified atom stereocenters. The van der Waals surface area contributed by atoms with Gasteiger partial charge >= 0.3 is 0 Å². The number of fused-ring (bicyclic) bond motifs is 6. The predicted octanol–water partition coefficient (Wildman–Crippen LogP) is 15.0. The molecule has 0 saturated carbocycles. The molecule has 0 bridgehead atoms. The van der Waals surface area contributed by atoms with Crippen molar-refractivity contribution in [2.75, 3.05) is 0 Å². The molecular weight excluding hydrogens is 641 g/mol. The summed E-state index contributed by atoms with van der Waals surface area (Å²) in [5.41, 5.74) is 6.63. The Balaban J connectivity index is 1.14. The summed E-state index contributed by atoms with van der Waals surface area (Å²) in [6, 6.07) is 63.2. The maximum atomic E-state index is 7.04. The lowest BCUT2D eigenvalue weighted by Gasteiger charge is -2.16. The fourth-order valence-electron chi connectivity index (χ4n) is 9.68. The first-order chi connectivity index (χ1) is 26.2. The minimum absolute atomic E-state index is 0.915. The van der Waals surface area contributed by atoms with Crippen molar-refractivity contribution in [2.45, 2.75) is 0 Å². The van der Waals surface area contributed by atoms with Crippen molar-refractivity contribution in [1.82, 2.24) is 0 Å². The van der Waals surface area contributed by atoms with Crippen LogP contribution in [0.2, 0.25) is 0 Å². The summed E-state index contributed by atoms with van der Waals surface area (Å²) in [5, 5.41) is 22.7. The lowest BCUT2D eigenvalue weighted by Crippen LogP contribution is -1.89. The fraction of sp³-hybridized carbons (Fsp3) is 0. The third kappa shape index (κ3) is 3.66. The lowest BCUT2D eigenvalue weighted by molar-refractivity contribution is 0.671. The topological polar surface area (TPSA) is 13.1 Å². The van der Waals surface area contributed by atoms with Gasteiger partial charge in [0.25, 0.3) is 0 Å². The third-order valence-corrected chi connectivity index (χ3v) is 12.1. The predicted molar refractivity (Wildman–Crippen MR) is 227 cm³/mol. The molecule has 242 valence electrons. The van der Waals surface area contributed by atoms with Crippen LogP contribution in [0, 0.1) is 0 Å². The largest absolute Gasteiger partial charge is 0.455 e. The molecule has 12 aromatic carbocycles. The second kappa shape index (κ2) is 9.88. The van der Waals surface area contributed by atoms with Crippen molar-refractivity contribution in [3.63, 3.8) is 0 Å². The third-order valence-electron chi connectivity index (χ3n) is 12.1. The van der Waals surface area contributed by atoms with Crippen LogP contribution in [-0.4, -0.2) is 0 Å². The van der Waals surface area contributed by atoms with Gasteiger partial charge in [-0.15, -0.1) is 0 Å². The van der Waals surface area contributed by atoms with Gasteiger partial charge in [-0.05, 0) is 127 Å². The van der Waals surface area contributed by atoms with E-state index in [9.17, 15) is 0 Å². The van der Waals surface area contributed by atoms with E-state index in [0.717, 1.165) is 22.1 Å². The maximum Gasteiger partial charge on any atom is 0.143 e. The zero-order chi connectivity index (χ0) is 34.4. The van der Waals surface area contributed by atoms with Crippen molar-refractivity contribution in [3.05, 3.63) is 170 Å². The number of rotatable bonds is 2. The minimum Gasteiger partial charge on any atom is -0.455 e. The van der Waals surface area contributed by atoms with Gasteiger partial charge in [-0.2, -0.15) is 0 Å². The quantitative estimate of drug-likeness (QED) is 0.167. The maximum absolute atomic E-state index is 7.04. The van der Waals surface area contributed by atoms with Crippen LogP contribution < -0.4 is 0 Å². The van der Waals surface area contributed by atoms with Crippen molar-refractivity contribution in [1.29, 1.82) is 0 Å². The molecule has 0 radical (unpaired) electrons. The van der Waals surface area contributed by atoms with Gasteiger partial charge in [0.2, 0.25) is 0 Å². The average Bonchev–Trinajstić information content (AvgIpc) is 3.59. The molecule has 0 spiro atoms. The molecule has 0 atom stereocenters. The second-order valence-corrected chi connectivity index (χ2v) is 14.8. The van der Waals surface area contributed by atoms with E-state index < -0.39 is 0 Å². The van der Waals surface area contributed by atoms with Gasteiger partial charge in [0.15, 0.2) is 0 Å². The molecule has 1 heteroatoms. The van der Waals surface area contributed by atoms with E-state index in [1.54, 1.807) is 0 Å². The smallest absolute Gasteiger partial charge is 0.143 e. The molecular formula is C52H28O. The van der Waals surface area contributed by atoms with E-state index in [-0.39, 0.29) is 0 Å². The Kier molecular flexibility index (Phi) is 5.17. The molecule has 0 N–H and O–H groups in total. The average molecular weight is 669 g/mol. The van der Waals surface area contributed by atoms with Crippen LogP contribution in [0.5, 0.6) is 0 Å². The highest BCUT2D eigenvalue weighted by atomic mass is 16.3. The summed E-state index contributed by atoms with van der Waals surface area (Å²) in [6.45, 7) is 0. The molecule has 13 rings (SSSR count). The summed E-state index contributed by atoms with van der Waals surface area (Å²) in [6.07, 6.45) is 0. The van der Waals surface area contributed by atoms with Gasteiger partial charge in [-0.3, -0.25) is 0 Å². The Bertz CT molecular complexity index is 3640. The number of hydrogen-bond donors (Lipinski definition) is 0. The van der Waals surface area contributed by atoms with E-state index in [1.807, 2.05) is 0 Å². The molecule has 0 saturated heterocycles. The lowest BCUT2D eigenvalue weighted by atomic mass is 9.87. The Morgan fingerprint density at radius 1 is 0.264 bits per heavy atom. The van der Waals surface area contributed by atoms with Crippen molar-refractivity contribution >= 4 is 108 Å². The molecule has 0 aliphatic carbocycles. The van der Waals surface area contributed by atoms with E-state index in [4.69, 9.17) is 4.42 Å². The monoisotopic (exact) mass is 668 g/mol. The van der Waals surface area contributed by atoms with Crippen molar-refractivity contribution in [2.24, 2.45) is 0 Å². The molecule has 1 nitrogen and oxygen atoms in total. The van der Waals surface area contributed by atoms with Crippen LogP contribution in [0.15, 0.2) is 174 Å². The Hall–Kier alpha value is -6.96. The molecule has 0 fully saturated rings. The highest BCUT2D eigenvalue weighted by molar-refractivity contribution is 6.30. The second-order valence-electron chi connectivity index (χ2n) is 14.8. The molecule has 53 heavy (non-hydrogen) atoms. The van der Waals surface area contributed by atoms with Gasteiger partial charge in [-0.1, -0.05) is 146 Å². The number of benzene rings is 12. The van der Waals surface area contributed by atoms with Crippen LogP contribution in [0.4, 0.5) is 0 Å². The summed E-state index contributed by atoms with van der Waals surface area (Å²) in [4.78, 5) is 0. The summed E-state index contributed by atoms with van der Waals surface area (Å²) >= 11 is 0. The summed E-state index contributed by atoms with van der Waals surface area (Å²) in [5.74, 6) is 0. The zero-order valence-corrected chi connectivity index (χ0v) is 28.6. The van der Waals surface area contributed by atoms with Gasteiger partial charge in [0.05, 0.1) is 0 Å². The van der Waals surface area contributed by atoms with E-state index in [2.05, 4.69) is 170 Å². The van der Waals surface area contributed by atoms with Gasteiger partial charge in [-0.25, -0.2) is 0 Å². The Morgan fingerprint density at radius 3 is 1.43 bits per heavy atom. The van der Waals surface area contributed by atoms with Gasteiger partial charge in [0, 0.05) is 16.3 Å². The molecule has 0 aliphatic rings. The zero-order valence-electron chi connectivity index (χ0n) is 28.6. The van der Waals surface area contributed by atoms with Gasteiger partial charge in [0.1, 0.15) is 11.2 Å². The number of hydrogen-bond acceptors (Lipinski definition) is 1. The van der Waals surface area contributed by atoms with Gasteiger partial charge < -0.3 is 4.42 Å². The Labute approximate surface area is 303 Å². The van der Waals surface area contributed by atoms with Crippen molar-refractivity contribution < 1.29 is 4.42 Å². The molecule has 0 aliphatic heterocycles. The van der Waals surface area contributed by atoms with E-state index in [1.165, 1.54) is 108 Å². The van der Waals surface area contributed by atoms with Crippen LogP contribution in [0.3, 0.4) is 0 Å². The Morgan fingerprint density at radius 2 is 0.774 bits per heavy atom. The molecule has 1 aromatic heterocycles. The first kappa shape index (κ1) is 27.7. The van der Waals surface area contributed by atoms with E-state index >= 15 is 0 Å². The normalized spacial score (nSPS) is 12.5. The standard InChI is InChI=1S/C52H28O/c1-2-6-36-28-46-45(25-35(36)5-1)51-43-26-37(39-21-17-33-13-11-29-7-3-9-31-19-23-41(39)49(33)47(29)31)15-16-38(43)27-44(52(51)53-46)40-22-18-34-14-12-30-8-4-10-32-20-24-42(40)50(34)48(30)32/h1-28H. The molecule has 0 amide bonds. The SMILES string of the molecule is c1ccc2cc3c(cc2c1)oc1c(-c2ccc4ccc5cccc6ccc2c4c56)cc2ccc(-c4ccc5ccc6cccc7ccc4c5c67)cc2c13. The first-order valence-electron chi connectivity index (χ1n) is 18.4.